The van der Waals surface area contributed by atoms with Gasteiger partial charge in [-0.1, -0.05) is 11.6 Å². The van der Waals surface area contributed by atoms with Crippen molar-refractivity contribution in [3.05, 3.63) is 17.5 Å². The van der Waals surface area contributed by atoms with Crippen molar-refractivity contribution >= 4 is 5.91 Å². The minimum absolute atomic E-state index is 0.0823. The zero-order valence-corrected chi connectivity index (χ0v) is 11.7. The topological polar surface area (TPSA) is 73.6 Å². The van der Waals surface area contributed by atoms with E-state index >= 15 is 0 Å². The van der Waals surface area contributed by atoms with E-state index in [0.29, 0.717) is 18.8 Å². The molecule has 1 amide bonds. The first kappa shape index (κ1) is 13.6. The van der Waals surface area contributed by atoms with E-state index in [0.717, 1.165) is 25.7 Å². The Labute approximate surface area is 117 Å². The van der Waals surface area contributed by atoms with Gasteiger partial charge in [0.15, 0.2) is 5.79 Å². The first-order chi connectivity index (χ1) is 9.67. The van der Waals surface area contributed by atoms with Crippen LogP contribution in [0.3, 0.4) is 0 Å². The highest BCUT2D eigenvalue weighted by molar-refractivity contribution is 5.91. The fraction of sp³-hybridized carbons (Fsp3) is 0.714. The predicted molar refractivity (Wildman–Crippen MR) is 70.2 cm³/mol. The molecule has 1 aromatic rings. The molecule has 2 heterocycles. The highest BCUT2D eigenvalue weighted by Crippen LogP contribution is 2.37. The van der Waals surface area contributed by atoms with Crippen molar-refractivity contribution in [2.75, 3.05) is 13.2 Å². The molecule has 1 atom stereocenters. The van der Waals surface area contributed by atoms with E-state index in [9.17, 15) is 4.79 Å². The lowest BCUT2D eigenvalue weighted by Crippen LogP contribution is -2.37. The lowest BCUT2D eigenvalue weighted by Gasteiger charge is -2.31. The molecule has 6 nitrogen and oxygen atoms in total. The van der Waals surface area contributed by atoms with Crippen molar-refractivity contribution < 1.29 is 18.8 Å². The Kier molecular flexibility index (Phi) is 3.76. The van der Waals surface area contributed by atoms with Gasteiger partial charge in [-0.05, 0) is 19.8 Å². The predicted octanol–water partition coefficient (Wildman–Crippen LogP) is 1.79. The van der Waals surface area contributed by atoms with Crippen LogP contribution in [0.4, 0.5) is 0 Å². The number of ether oxygens (including phenoxy) is 2. The molecule has 0 aromatic carbocycles. The molecule has 1 spiro atoms. The molecule has 2 aliphatic rings. The standard InChI is InChI=1S/C14H20N2O4/c1-10-7-12(20-16-10)13(17)15-8-11-9-18-14(19-11)5-3-2-4-6-14/h7,11H,2-6,8-9H2,1H3,(H,15,17)/t11-/m0/s1. The molecule has 1 aliphatic carbocycles. The van der Waals surface area contributed by atoms with Crippen molar-refractivity contribution in [3.8, 4) is 0 Å². The largest absolute Gasteiger partial charge is 0.351 e. The van der Waals surface area contributed by atoms with Crippen LogP contribution in [-0.4, -0.2) is 36.1 Å². The quantitative estimate of drug-likeness (QED) is 0.913. The Bertz CT molecular complexity index is 479. The summed E-state index contributed by atoms with van der Waals surface area (Å²) in [5.74, 6) is -0.427. The summed E-state index contributed by atoms with van der Waals surface area (Å²) in [6, 6.07) is 1.62. The second-order valence-electron chi connectivity index (χ2n) is 5.56. The molecular weight excluding hydrogens is 260 g/mol. The van der Waals surface area contributed by atoms with Gasteiger partial charge in [-0.2, -0.15) is 0 Å². The third-order valence-electron chi connectivity index (χ3n) is 3.87. The second kappa shape index (κ2) is 5.54. The highest BCUT2D eigenvalue weighted by Gasteiger charge is 2.42. The SMILES string of the molecule is Cc1cc(C(=O)NC[C@H]2COC3(CCCCC3)O2)on1. The third-order valence-corrected chi connectivity index (χ3v) is 3.87. The summed E-state index contributed by atoms with van der Waals surface area (Å²) in [6.07, 6.45) is 5.38. The molecule has 2 fully saturated rings. The minimum atomic E-state index is -0.392. The van der Waals surface area contributed by atoms with Crippen molar-refractivity contribution in [1.29, 1.82) is 0 Å². The molecule has 1 saturated carbocycles. The van der Waals surface area contributed by atoms with Gasteiger partial charge in [0, 0.05) is 25.5 Å². The van der Waals surface area contributed by atoms with Crippen LogP contribution in [0.2, 0.25) is 0 Å². The van der Waals surface area contributed by atoms with Gasteiger partial charge < -0.3 is 19.3 Å². The van der Waals surface area contributed by atoms with Crippen LogP contribution in [0.15, 0.2) is 10.6 Å². The summed E-state index contributed by atoms with van der Waals surface area (Å²) >= 11 is 0. The number of aryl methyl sites for hydroxylation is 1. The third kappa shape index (κ3) is 2.86. The van der Waals surface area contributed by atoms with E-state index in [1.807, 2.05) is 0 Å². The average molecular weight is 280 g/mol. The summed E-state index contributed by atoms with van der Waals surface area (Å²) in [5, 5.41) is 6.49. The molecule has 0 unspecified atom stereocenters. The van der Waals surface area contributed by atoms with Crippen molar-refractivity contribution in [2.45, 2.75) is 50.9 Å². The van der Waals surface area contributed by atoms with Crippen LogP contribution in [0.1, 0.15) is 48.4 Å². The van der Waals surface area contributed by atoms with Crippen LogP contribution in [0.5, 0.6) is 0 Å². The van der Waals surface area contributed by atoms with Gasteiger partial charge in [-0.3, -0.25) is 4.79 Å². The van der Waals surface area contributed by atoms with E-state index in [1.54, 1.807) is 13.0 Å². The number of nitrogens with one attached hydrogen (secondary N) is 1. The van der Waals surface area contributed by atoms with E-state index < -0.39 is 5.79 Å². The van der Waals surface area contributed by atoms with E-state index in [-0.39, 0.29) is 17.8 Å². The molecule has 1 aromatic heterocycles. The molecule has 0 radical (unpaired) electrons. The number of carbonyl (C=O) groups is 1. The fourth-order valence-corrected chi connectivity index (χ4v) is 2.83. The molecule has 20 heavy (non-hydrogen) atoms. The van der Waals surface area contributed by atoms with Crippen molar-refractivity contribution in [3.63, 3.8) is 0 Å². The first-order valence-corrected chi connectivity index (χ1v) is 7.20. The zero-order valence-electron chi connectivity index (χ0n) is 11.7. The maximum absolute atomic E-state index is 11.8. The minimum Gasteiger partial charge on any atom is -0.351 e. The summed E-state index contributed by atoms with van der Waals surface area (Å²) in [4.78, 5) is 11.8. The number of rotatable bonds is 3. The molecule has 3 rings (SSSR count). The number of aromatic nitrogens is 1. The van der Waals surface area contributed by atoms with Crippen molar-refractivity contribution in [1.82, 2.24) is 10.5 Å². The number of hydrogen-bond donors (Lipinski definition) is 1. The Hall–Kier alpha value is -1.40. The number of nitrogens with zero attached hydrogens (tertiary/aromatic N) is 1. The summed E-state index contributed by atoms with van der Waals surface area (Å²) in [6.45, 7) is 2.75. The molecule has 1 N–H and O–H groups in total. The van der Waals surface area contributed by atoms with Crippen LogP contribution in [0, 0.1) is 6.92 Å². The van der Waals surface area contributed by atoms with Crippen LogP contribution < -0.4 is 5.32 Å². The van der Waals surface area contributed by atoms with Gasteiger partial charge in [-0.15, -0.1) is 0 Å². The second-order valence-corrected chi connectivity index (χ2v) is 5.56. The van der Waals surface area contributed by atoms with Crippen LogP contribution in [-0.2, 0) is 9.47 Å². The van der Waals surface area contributed by atoms with Crippen LogP contribution >= 0.6 is 0 Å². The lowest BCUT2D eigenvalue weighted by molar-refractivity contribution is -0.186. The number of carbonyl (C=O) groups excluding carboxylic acids is 1. The zero-order chi connectivity index (χ0) is 14.0. The molecule has 110 valence electrons. The van der Waals surface area contributed by atoms with E-state index in [1.165, 1.54) is 6.42 Å². The maximum atomic E-state index is 11.8. The molecule has 1 aliphatic heterocycles. The maximum Gasteiger partial charge on any atom is 0.289 e. The highest BCUT2D eigenvalue weighted by atomic mass is 16.7. The number of hydrogen-bond acceptors (Lipinski definition) is 5. The van der Waals surface area contributed by atoms with Gasteiger partial charge in [0.2, 0.25) is 5.76 Å². The van der Waals surface area contributed by atoms with Crippen LogP contribution in [0.25, 0.3) is 0 Å². The van der Waals surface area contributed by atoms with Gasteiger partial charge in [0.25, 0.3) is 5.91 Å². The Balaban J connectivity index is 1.49. The van der Waals surface area contributed by atoms with Gasteiger partial charge in [-0.25, -0.2) is 0 Å². The van der Waals surface area contributed by atoms with E-state index in [4.69, 9.17) is 14.0 Å². The lowest BCUT2D eigenvalue weighted by atomic mass is 9.94. The monoisotopic (exact) mass is 280 g/mol. The average Bonchev–Trinajstić information content (AvgIpc) is 3.05. The Morgan fingerprint density at radius 3 is 2.95 bits per heavy atom. The van der Waals surface area contributed by atoms with Gasteiger partial charge in [0.1, 0.15) is 6.10 Å². The summed E-state index contributed by atoms with van der Waals surface area (Å²) in [5.41, 5.74) is 0.691. The smallest absolute Gasteiger partial charge is 0.289 e. The normalized spacial score (nSPS) is 24.9. The Morgan fingerprint density at radius 2 is 2.25 bits per heavy atom. The van der Waals surface area contributed by atoms with E-state index in [2.05, 4.69) is 10.5 Å². The number of amides is 1. The van der Waals surface area contributed by atoms with Gasteiger partial charge >= 0.3 is 0 Å². The van der Waals surface area contributed by atoms with Crippen molar-refractivity contribution in [2.24, 2.45) is 0 Å². The molecular formula is C14H20N2O4. The summed E-state index contributed by atoms with van der Waals surface area (Å²) in [7, 11) is 0. The van der Waals surface area contributed by atoms with Gasteiger partial charge in [0.05, 0.1) is 12.3 Å². The fourth-order valence-electron chi connectivity index (χ4n) is 2.83. The first-order valence-electron chi connectivity index (χ1n) is 7.20. The molecule has 1 saturated heterocycles. The Morgan fingerprint density at radius 1 is 1.45 bits per heavy atom. The summed E-state index contributed by atoms with van der Waals surface area (Å²) < 4.78 is 16.7. The molecule has 0 bridgehead atoms. The molecule has 6 heteroatoms.